The van der Waals surface area contributed by atoms with Crippen LogP contribution in [0.3, 0.4) is 0 Å². The van der Waals surface area contributed by atoms with E-state index in [1.54, 1.807) is 0 Å². The Balaban J connectivity index is 4.26. The van der Waals surface area contributed by atoms with Crippen LogP contribution in [0.5, 0.6) is 0 Å². The molecule has 10 heavy (non-hydrogen) atoms. The van der Waals surface area contributed by atoms with Crippen molar-refractivity contribution < 1.29 is 0 Å². The van der Waals surface area contributed by atoms with Gasteiger partial charge in [-0.25, -0.2) is 0 Å². The van der Waals surface area contributed by atoms with Crippen LogP contribution in [-0.2, 0) is 0 Å². The van der Waals surface area contributed by atoms with Gasteiger partial charge in [0.25, 0.3) is 0 Å². The Hall–Kier alpha value is -0.320. The van der Waals surface area contributed by atoms with Crippen molar-refractivity contribution in [3.63, 3.8) is 0 Å². The Morgan fingerprint density at radius 3 is 2.30 bits per heavy atom. The topological polar surface area (TPSA) is 47.6 Å². The highest BCUT2D eigenvalue weighted by Gasteiger charge is 2.25. The summed E-state index contributed by atoms with van der Waals surface area (Å²) < 4.78 is -0.935. The summed E-state index contributed by atoms with van der Waals surface area (Å²) in [4.78, 5) is 0. The molecule has 0 aromatic heterocycles. The van der Waals surface area contributed by atoms with E-state index in [-0.39, 0.29) is 6.42 Å². The molecule has 0 rings (SSSR count). The fourth-order valence-electron chi connectivity index (χ4n) is 0.285. The summed E-state index contributed by atoms with van der Waals surface area (Å²) in [5, 5.41) is 16.7. The van der Waals surface area contributed by atoms with Gasteiger partial charge in [-0.15, -0.1) is 0 Å². The average molecular weight is 264 g/mol. The van der Waals surface area contributed by atoms with Crippen molar-refractivity contribution in [3.8, 4) is 12.1 Å². The Kier molecular flexibility index (Phi) is 3.63. The lowest BCUT2D eigenvalue weighted by molar-refractivity contribution is 1.12. The largest absolute Gasteiger partial charge is 0.198 e. The molecular weight excluding hydrogens is 260 g/mol. The molecule has 52 valence electrons. The molecule has 2 nitrogen and oxygen atoms in total. The maximum absolute atomic E-state index is 8.48. The second kappa shape index (κ2) is 3.75. The van der Waals surface area contributed by atoms with Gasteiger partial charge in [0.1, 0.15) is 0 Å². The van der Waals surface area contributed by atoms with Crippen molar-refractivity contribution in [2.24, 2.45) is 0 Å². The maximum Gasteiger partial charge on any atom is 0.188 e. The van der Waals surface area contributed by atoms with E-state index in [9.17, 15) is 0 Å². The summed E-state index contributed by atoms with van der Waals surface area (Å²) in [5.74, 6) is 0. The smallest absolute Gasteiger partial charge is 0.188 e. The van der Waals surface area contributed by atoms with Crippen molar-refractivity contribution >= 4 is 31.9 Å². The van der Waals surface area contributed by atoms with Crippen LogP contribution in [0.2, 0.25) is 0 Å². The first kappa shape index (κ1) is 9.68. The fourth-order valence-corrected chi connectivity index (χ4v) is 0.566. The molecule has 0 aromatic carbocycles. The molecule has 0 amide bonds. The quantitative estimate of drug-likeness (QED) is 0.568. The van der Waals surface area contributed by atoms with Crippen molar-refractivity contribution in [3.05, 3.63) is 12.2 Å². The van der Waals surface area contributed by atoms with Crippen LogP contribution in [0.15, 0.2) is 12.2 Å². The first-order valence-electron chi connectivity index (χ1n) is 2.39. The number of hydrogen-bond donors (Lipinski definition) is 0. The number of nitrogens with zero attached hydrogens (tertiary/aromatic N) is 2. The molecule has 0 aliphatic carbocycles. The van der Waals surface area contributed by atoms with Gasteiger partial charge in [0.15, 0.2) is 3.23 Å². The van der Waals surface area contributed by atoms with Crippen LogP contribution >= 0.6 is 31.9 Å². The van der Waals surface area contributed by atoms with Gasteiger partial charge in [-0.3, -0.25) is 0 Å². The molecule has 0 aromatic rings. The molecule has 0 unspecified atom stereocenters. The van der Waals surface area contributed by atoms with Crippen molar-refractivity contribution in [1.29, 1.82) is 10.5 Å². The predicted molar refractivity (Wildman–Crippen MR) is 45.6 cm³/mol. The van der Waals surface area contributed by atoms with E-state index in [2.05, 4.69) is 38.4 Å². The zero-order valence-electron chi connectivity index (χ0n) is 5.06. The van der Waals surface area contributed by atoms with Gasteiger partial charge in [-0.05, 0) is 5.57 Å². The average Bonchev–Trinajstić information content (AvgIpc) is 1.89. The van der Waals surface area contributed by atoms with E-state index in [1.807, 2.05) is 12.1 Å². The van der Waals surface area contributed by atoms with Crippen molar-refractivity contribution in [2.75, 3.05) is 0 Å². The minimum absolute atomic E-state index is 0.171. The normalized spacial score (nSPS) is 9.60. The fraction of sp³-hybridized carbons (Fsp3) is 0.333. The second-order valence-corrected chi connectivity index (χ2v) is 5.07. The molecular formula is C6H4Br2N2. The Morgan fingerprint density at radius 1 is 1.50 bits per heavy atom. The van der Waals surface area contributed by atoms with Gasteiger partial charge in [0.2, 0.25) is 0 Å². The first-order chi connectivity index (χ1) is 4.54. The molecule has 0 aliphatic rings. The van der Waals surface area contributed by atoms with Gasteiger partial charge in [0.05, 0.1) is 18.6 Å². The highest BCUT2D eigenvalue weighted by atomic mass is 79.9. The van der Waals surface area contributed by atoms with Gasteiger partial charge < -0.3 is 0 Å². The number of nitriles is 2. The summed E-state index contributed by atoms with van der Waals surface area (Å²) >= 11 is 6.10. The summed E-state index contributed by atoms with van der Waals surface area (Å²) in [6.45, 7) is 3.55. The zero-order valence-corrected chi connectivity index (χ0v) is 8.24. The molecule has 0 heterocycles. The van der Waals surface area contributed by atoms with Crippen LogP contribution in [0.4, 0.5) is 0 Å². The molecule has 0 spiro atoms. The minimum atomic E-state index is -0.935. The SMILES string of the molecule is C=C(CC#N)C(Br)(Br)C#N. The second-order valence-electron chi connectivity index (χ2n) is 1.62. The third kappa shape index (κ3) is 2.51. The minimum Gasteiger partial charge on any atom is -0.198 e. The number of rotatable bonds is 2. The maximum atomic E-state index is 8.48. The molecule has 0 aliphatic heterocycles. The number of hydrogen-bond acceptors (Lipinski definition) is 2. The van der Waals surface area contributed by atoms with E-state index in [1.165, 1.54) is 0 Å². The molecule has 0 radical (unpaired) electrons. The van der Waals surface area contributed by atoms with Crippen molar-refractivity contribution in [1.82, 2.24) is 0 Å². The predicted octanol–water partition coefficient (Wildman–Crippen LogP) is 2.47. The zero-order chi connectivity index (χ0) is 8.20. The van der Waals surface area contributed by atoms with E-state index >= 15 is 0 Å². The molecule has 0 atom stereocenters. The van der Waals surface area contributed by atoms with Crippen LogP contribution in [-0.4, -0.2) is 3.23 Å². The third-order valence-electron chi connectivity index (χ3n) is 0.877. The summed E-state index contributed by atoms with van der Waals surface area (Å²) in [6.07, 6.45) is 0.171. The number of alkyl halides is 2. The lowest BCUT2D eigenvalue weighted by atomic mass is 10.2. The molecule has 0 fully saturated rings. The van der Waals surface area contributed by atoms with Gasteiger partial charge >= 0.3 is 0 Å². The van der Waals surface area contributed by atoms with E-state index in [0.29, 0.717) is 5.57 Å². The molecule has 0 N–H and O–H groups in total. The number of allylic oxidation sites excluding steroid dienone is 1. The highest BCUT2D eigenvalue weighted by molar-refractivity contribution is 9.25. The van der Waals surface area contributed by atoms with Gasteiger partial charge in [-0.2, -0.15) is 10.5 Å². The van der Waals surface area contributed by atoms with E-state index in [4.69, 9.17) is 10.5 Å². The summed E-state index contributed by atoms with van der Waals surface area (Å²) in [7, 11) is 0. The van der Waals surface area contributed by atoms with E-state index < -0.39 is 3.23 Å². The standard InChI is InChI=1S/C6H4Br2N2/c1-5(2-3-9)6(7,8)4-10/h1-2H2. The Morgan fingerprint density at radius 2 is 2.00 bits per heavy atom. The lowest BCUT2D eigenvalue weighted by Gasteiger charge is -2.10. The van der Waals surface area contributed by atoms with Gasteiger partial charge in [0, 0.05) is 0 Å². The Labute approximate surface area is 76.4 Å². The van der Waals surface area contributed by atoms with Crippen LogP contribution in [0.25, 0.3) is 0 Å². The van der Waals surface area contributed by atoms with Crippen LogP contribution < -0.4 is 0 Å². The number of halogens is 2. The molecule has 0 saturated heterocycles. The first-order valence-corrected chi connectivity index (χ1v) is 3.97. The third-order valence-corrected chi connectivity index (χ3v) is 2.35. The van der Waals surface area contributed by atoms with E-state index in [0.717, 1.165) is 0 Å². The summed E-state index contributed by atoms with van der Waals surface area (Å²) in [6, 6.07) is 3.81. The van der Waals surface area contributed by atoms with Gasteiger partial charge in [-0.1, -0.05) is 38.4 Å². The van der Waals surface area contributed by atoms with Crippen LogP contribution in [0, 0.1) is 22.7 Å². The monoisotopic (exact) mass is 262 g/mol. The summed E-state index contributed by atoms with van der Waals surface area (Å²) in [5.41, 5.74) is 0.512. The molecule has 0 saturated carbocycles. The molecule has 0 bridgehead atoms. The van der Waals surface area contributed by atoms with Crippen LogP contribution in [0.1, 0.15) is 6.42 Å². The highest BCUT2D eigenvalue weighted by Crippen LogP contribution is 2.33. The van der Waals surface area contributed by atoms with Crippen molar-refractivity contribution in [2.45, 2.75) is 9.65 Å². The molecule has 4 heteroatoms. The lowest BCUT2D eigenvalue weighted by Crippen LogP contribution is -2.09. The Bertz CT molecular complexity index is 219.